The number of ether oxygens (including phenoxy) is 1. The Labute approximate surface area is 124 Å². The third kappa shape index (κ3) is 3.48. The molecule has 0 aliphatic heterocycles. The van der Waals surface area contributed by atoms with Gasteiger partial charge in [0.15, 0.2) is 5.75 Å². The van der Waals surface area contributed by atoms with Crippen LogP contribution in [0.1, 0.15) is 35.2 Å². The highest BCUT2D eigenvalue weighted by Gasteiger charge is 2.12. The SMILES string of the molecule is Cc1cc(C(C)COc2cnc(N)nc2C)cc(F)c1C. The molecule has 2 N–H and O–H groups in total. The molecule has 5 heteroatoms. The molecule has 0 aliphatic rings. The van der Waals surface area contributed by atoms with Gasteiger partial charge in [0.25, 0.3) is 0 Å². The van der Waals surface area contributed by atoms with Gasteiger partial charge >= 0.3 is 0 Å². The van der Waals surface area contributed by atoms with Gasteiger partial charge in [-0.1, -0.05) is 13.0 Å². The second kappa shape index (κ2) is 6.08. The fourth-order valence-corrected chi connectivity index (χ4v) is 2.05. The van der Waals surface area contributed by atoms with Crippen LogP contribution in [-0.2, 0) is 0 Å². The van der Waals surface area contributed by atoms with Crippen LogP contribution in [0.15, 0.2) is 18.3 Å². The van der Waals surface area contributed by atoms with Crippen molar-refractivity contribution in [1.29, 1.82) is 0 Å². The van der Waals surface area contributed by atoms with E-state index in [9.17, 15) is 4.39 Å². The number of aromatic nitrogens is 2. The molecule has 0 saturated carbocycles. The molecule has 4 nitrogen and oxygen atoms in total. The predicted octanol–water partition coefficient (Wildman–Crippen LogP) is 3.31. The Hall–Kier alpha value is -2.17. The minimum absolute atomic E-state index is 0.0655. The Bertz CT molecular complexity index is 635. The van der Waals surface area contributed by atoms with Crippen LogP contribution in [0.2, 0.25) is 0 Å². The normalized spacial score (nSPS) is 12.2. The molecule has 2 rings (SSSR count). The molecular formula is C16H20FN3O. The number of nitrogen functional groups attached to an aromatic ring is 1. The third-order valence-electron chi connectivity index (χ3n) is 3.64. The zero-order valence-corrected chi connectivity index (χ0v) is 12.8. The summed E-state index contributed by atoms with van der Waals surface area (Å²) in [6, 6.07) is 3.57. The molecule has 0 bridgehead atoms. The van der Waals surface area contributed by atoms with Crippen molar-refractivity contribution < 1.29 is 9.13 Å². The number of nitrogens with zero attached hydrogens (tertiary/aromatic N) is 2. The molecule has 0 radical (unpaired) electrons. The van der Waals surface area contributed by atoms with Crippen LogP contribution < -0.4 is 10.5 Å². The second-order valence-electron chi connectivity index (χ2n) is 5.33. The summed E-state index contributed by atoms with van der Waals surface area (Å²) < 4.78 is 19.5. The van der Waals surface area contributed by atoms with E-state index in [0.717, 1.165) is 11.1 Å². The summed E-state index contributed by atoms with van der Waals surface area (Å²) in [6.45, 7) is 7.93. The van der Waals surface area contributed by atoms with Crippen molar-refractivity contribution >= 4 is 5.95 Å². The molecule has 2 aromatic rings. The van der Waals surface area contributed by atoms with Crippen LogP contribution in [0.25, 0.3) is 0 Å². The first-order chi connectivity index (χ1) is 9.88. The first kappa shape index (κ1) is 15.2. The molecule has 0 saturated heterocycles. The molecular weight excluding hydrogens is 269 g/mol. The predicted molar refractivity (Wildman–Crippen MR) is 81.0 cm³/mol. The smallest absolute Gasteiger partial charge is 0.220 e. The highest BCUT2D eigenvalue weighted by Crippen LogP contribution is 2.23. The van der Waals surface area contributed by atoms with E-state index in [4.69, 9.17) is 10.5 Å². The Balaban J connectivity index is 2.09. The molecule has 0 aliphatic carbocycles. The van der Waals surface area contributed by atoms with Crippen molar-refractivity contribution in [3.05, 3.63) is 46.5 Å². The number of benzene rings is 1. The molecule has 1 unspecified atom stereocenters. The summed E-state index contributed by atoms with van der Waals surface area (Å²) in [6.07, 6.45) is 1.56. The molecule has 0 amide bonds. The summed E-state index contributed by atoms with van der Waals surface area (Å²) in [7, 11) is 0. The Kier molecular flexibility index (Phi) is 4.40. The average molecular weight is 289 g/mol. The molecule has 1 atom stereocenters. The molecule has 1 aromatic heterocycles. The maximum Gasteiger partial charge on any atom is 0.220 e. The largest absolute Gasteiger partial charge is 0.489 e. The summed E-state index contributed by atoms with van der Waals surface area (Å²) in [5.74, 6) is 0.712. The van der Waals surface area contributed by atoms with E-state index in [-0.39, 0.29) is 17.7 Å². The summed E-state index contributed by atoms with van der Waals surface area (Å²) >= 11 is 0. The number of aryl methyl sites for hydroxylation is 2. The second-order valence-corrected chi connectivity index (χ2v) is 5.33. The number of hydrogen-bond donors (Lipinski definition) is 1. The fourth-order valence-electron chi connectivity index (χ4n) is 2.05. The minimum atomic E-state index is -0.177. The van der Waals surface area contributed by atoms with Gasteiger partial charge in [-0.2, -0.15) is 0 Å². The Morgan fingerprint density at radius 2 is 2.00 bits per heavy atom. The van der Waals surface area contributed by atoms with Crippen molar-refractivity contribution in [1.82, 2.24) is 9.97 Å². The molecule has 1 aromatic carbocycles. The zero-order chi connectivity index (χ0) is 15.6. The van der Waals surface area contributed by atoms with Crippen LogP contribution in [0.4, 0.5) is 10.3 Å². The summed E-state index contributed by atoms with van der Waals surface area (Å²) in [5.41, 5.74) is 8.76. The van der Waals surface area contributed by atoms with Gasteiger partial charge in [0, 0.05) is 5.92 Å². The van der Waals surface area contributed by atoms with Crippen molar-refractivity contribution in [2.24, 2.45) is 0 Å². The first-order valence-corrected chi connectivity index (χ1v) is 6.87. The zero-order valence-electron chi connectivity index (χ0n) is 12.8. The van der Waals surface area contributed by atoms with Crippen molar-refractivity contribution in [3.63, 3.8) is 0 Å². The van der Waals surface area contributed by atoms with E-state index in [1.54, 1.807) is 19.2 Å². The van der Waals surface area contributed by atoms with Crippen LogP contribution in [0.5, 0.6) is 5.75 Å². The summed E-state index contributed by atoms with van der Waals surface area (Å²) in [5, 5.41) is 0. The maximum absolute atomic E-state index is 13.8. The van der Waals surface area contributed by atoms with E-state index >= 15 is 0 Å². The Morgan fingerprint density at radius 1 is 1.29 bits per heavy atom. The van der Waals surface area contributed by atoms with Gasteiger partial charge in [0.1, 0.15) is 5.82 Å². The van der Waals surface area contributed by atoms with Crippen LogP contribution >= 0.6 is 0 Å². The maximum atomic E-state index is 13.8. The van der Waals surface area contributed by atoms with Crippen molar-refractivity contribution in [2.75, 3.05) is 12.3 Å². The van der Waals surface area contributed by atoms with E-state index in [2.05, 4.69) is 9.97 Å². The number of halogens is 1. The van der Waals surface area contributed by atoms with Gasteiger partial charge in [-0.25, -0.2) is 14.4 Å². The highest BCUT2D eigenvalue weighted by molar-refractivity contribution is 5.34. The van der Waals surface area contributed by atoms with E-state index in [1.165, 1.54) is 0 Å². The molecule has 112 valence electrons. The number of nitrogens with two attached hydrogens (primary N) is 1. The van der Waals surface area contributed by atoms with E-state index in [1.807, 2.05) is 26.8 Å². The van der Waals surface area contributed by atoms with Gasteiger partial charge in [-0.3, -0.25) is 0 Å². The first-order valence-electron chi connectivity index (χ1n) is 6.87. The van der Waals surface area contributed by atoms with E-state index < -0.39 is 0 Å². The van der Waals surface area contributed by atoms with Gasteiger partial charge in [-0.15, -0.1) is 0 Å². The lowest BCUT2D eigenvalue weighted by molar-refractivity contribution is 0.291. The average Bonchev–Trinajstić information content (AvgIpc) is 2.43. The summed E-state index contributed by atoms with van der Waals surface area (Å²) in [4.78, 5) is 7.96. The molecule has 0 spiro atoms. The molecule has 1 heterocycles. The monoisotopic (exact) mass is 289 g/mol. The van der Waals surface area contributed by atoms with Crippen LogP contribution in [0.3, 0.4) is 0 Å². The van der Waals surface area contributed by atoms with Gasteiger partial charge in [-0.05, 0) is 43.5 Å². The van der Waals surface area contributed by atoms with Crippen LogP contribution in [-0.4, -0.2) is 16.6 Å². The van der Waals surface area contributed by atoms with Crippen LogP contribution in [0, 0.1) is 26.6 Å². The highest BCUT2D eigenvalue weighted by atomic mass is 19.1. The lowest BCUT2D eigenvalue weighted by Crippen LogP contribution is -2.10. The molecule has 21 heavy (non-hydrogen) atoms. The Morgan fingerprint density at radius 3 is 2.62 bits per heavy atom. The topological polar surface area (TPSA) is 61.0 Å². The number of rotatable bonds is 4. The van der Waals surface area contributed by atoms with Gasteiger partial charge in [0.2, 0.25) is 5.95 Å². The number of hydrogen-bond acceptors (Lipinski definition) is 4. The van der Waals surface area contributed by atoms with Crippen molar-refractivity contribution in [3.8, 4) is 5.75 Å². The lowest BCUT2D eigenvalue weighted by Gasteiger charge is -2.16. The molecule has 0 fully saturated rings. The number of anilines is 1. The standard InChI is InChI=1S/C16H20FN3O/c1-9-5-13(6-14(17)11(9)3)10(2)8-21-15-7-19-16(18)20-12(15)4/h5-7,10H,8H2,1-4H3,(H2,18,19,20). The van der Waals surface area contributed by atoms with E-state index in [0.29, 0.717) is 23.6 Å². The third-order valence-corrected chi connectivity index (χ3v) is 3.64. The fraction of sp³-hybridized carbons (Fsp3) is 0.375. The van der Waals surface area contributed by atoms with Gasteiger partial charge in [0.05, 0.1) is 18.5 Å². The van der Waals surface area contributed by atoms with Crippen molar-refractivity contribution in [2.45, 2.75) is 33.6 Å². The van der Waals surface area contributed by atoms with Gasteiger partial charge < -0.3 is 10.5 Å². The quantitative estimate of drug-likeness (QED) is 0.938. The minimum Gasteiger partial charge on any atom is -0.489 e. The lowest BCUT2D eigenvalue weighted by atomic mass is 9.97.